The number of nitrogens with one attached hydrogen (secondary N) is 1. The number of carbonyl (C=O) groups excluding carboxylic acids is 1. The molecule has 156 valence electrons. The van der Waals surface area contributed by atoms with E-state index in [9.17, 15) is 22.0 Å². The van der Waals surface area contributed by atoms with E-state index in [2.05, 4.69) is 10.4 Å². The summed E-state index contributed by atoms with van der Waals surface area (Å²) in [6.07, 6.45) is 1.73. The van der Waals surface area contributed by atoms with Crippen LogP contribution < -0.4 is 5.32 Å². The summed E-state index contributed by atoms with van der Waals surface area (Å²) in [5.74, 6) is -0.213. The molecule has 1 N–H and O–H groups in total. The zero-order valence-corrected chi connectivity index (χ0v) is 17.0. The number of rotatable bonds is 3. The Morgan fingerprint density at radius 1 is 1.21 bits per heavy atom. The second-order valence-electron chi connectivity index (χ2n) is 7.70. The summed E-state index contributed by atoms with van der Waals surface area (Å²) >= 11 is 0. The van der Waals surface area contributed by atoms with Crippen molar-refractivity contribution in [1.82, 2.24) is 19.4 Å². The molecule has 1 saturated heterocycles. The van der Waals surface area contributed by atoms with Crippen molar-refractivity contribution < 1.29 is 22.0 Å². The number of halogens is 2. The third-order valence-corrected chi connectivity index (χ3v) is 7.97. The molecule has 1 amide bonds. The molecule has 7 nitrogen and oxygen atoms in total. The number of alkyl halides is 2. The number of hydrogen-bond donors (Lipinski definition) is 1. The number of hydrogen-bond acceptors (Lipinski definition) is 4. The van der Waals surface area contributed by atoms with E-state index in [0.29, 0.717) is 29.5 Å². The molecule has 3 heterocycles. The van der Waals surface area contributed by atoms with Gasteiger partial charge in [-0.25, -0.2) is 13.1 Å². The lowest BCUT2D eigenvalue weighted by Crippen LogP contribution is -2.50. The molecule has 0 saturated carbocycles. The first-order chi connectivity index (χ1) is 13.6. The second kappa shape index (κ2) is 6.88. The van der Waals surface area contributed by atoms with Crippen LogP contribution in [-0.4, -0.2) is 47.0 Å². The van der Waals surface area contributed by atoms with E-state index in [1.165, 1.54) is 18.2 Å². The number of benzene rings is 1. The highest BCUT2D eigenvalue weighted by Crippen LogP contribution is 2.35. The van der Waals surface area contributed by atoms with Crippen molar-refractivity contribution in [2.75, 3.05) is 13.1 Å². The number of fused-ring (bicyclic) bond motifs is 1. The Morgan fingerprint density at radius 3 is 2.62 bits per heavy atom. The molecule has 0 unspecified atom stereocenters. The van der Waals surface area contributed by atoms with Gasteiger partial charge in [-0.1, -0.05) is 18.2 Å². The van der Waals surface area contributed by atoms with Gasteiger partial charge < -0.3 is 5.32 Å². The molecule has 10 heteroatoms. The zero-order chi connectivity index (χ0) is 21.0. The molecule has 2 aliphatic rings. The van der Waals surface area contributed by atoms with Crippen molar-refractivity contribution in [2.24, 2.45) is 0 Å². The van der Waals surface area contributed by atoms with Crippen LogP contribution in [0.15, 0.2) is 29.2 Å². The lowest BCUT2D eigenvalue weighted by molar-refractivity contribution is 0.0538. The van der Waals surface area contributed by atoms with Gasteiger partial charge in [0.1, 0.15) is 4.90 Å². The minimum atomic E-state index is -4.02. The van der Waals surface area contributed by atoms with Gasteiger partial charge in [0.2, 0.25) is 10.0 Å². The van der Waals surface area contributed by atoms with Gasteiger partial charge in [0.15, 0.2) is 0 Å². The molecule has 29 heavy (non-hydrogen) atoms. The van der Waals surface area contributed by atoms with Crippen LogP contribution in [0.5, 0.6) is 0 Å². The van der Waals surface area contributed by atoms with Crippen LogP contribution >= 0.6 is 0 Å². The quantitative estimate of drug-likeness (QED) is 0.820. The summed E-state index contributed by atoms with van der Waals surface area (Å²) in [5.41, 5.74) is 0.824. The van der Waals surface area contributed by atoms with Gasteiger partial charge in [-0.3, -0.25) is 4.79 Å². The Balaban J connectivity index is 1.63. The van der Waals surface area contributed by atoms with Crippen LogP contribution in [0.25, 0.3) is 0 Å². The van der Waals surface area contributed by atoms with Gasteiger partial charge in [0.25, 0.3) is 5.91 Å². The molecular formula is C19H22F2N4O3S. The Hall–Kier alpha value is -2.33. The predicted octanol–water partition coefficient (Wildman–Crippen LogP) is 2.40. The molecule has 0 radical (unpaired) electrons. The molecule has 4 rings (SSSR count). The van der Waals surface area contributed by atoms with Gasteiger partial charge in [-0.15, -0.1) is 0 Å². The van der Waals surface area contributed by atoms with Crippen molar-refractivity contribution >= 4 is 15.9 Å². The molecular weight excluding hydrogens is 402 g/mol. The van der Waals surface area contributed by atoms with Gasteiger partial charge >= 0.3 is 6.55 Å². The average molecular weight is 424 g/mol. The van der Waals surface area contributed by atoms with Gasteiger partial charge in [0.05, 0.1) is 16.9 Å². The smallest absolute Gasteiger partial charge is 0.333 e. The highest BCUT2D eigenvalue weighted by atomic mass is 32.2. The molecule has 0 bridgehead atoms. The number of carbonyl (C=O) groups is 1. The van der Waals surface area contributed by atoms with E-state index in [0.717, 1.165) is 5.56 Å². The summed E-state index contributed by atoms with van der Waals surface area (Å²) in [7, 11) is -4.02. The van der Waals surface area contributed by atoms with Crippen LogP contribution in [0.1, 0.15) is 46.7 Å². The van der Waals surface area contributed by atoms with Crippen LogP contribution in [-0.2, 0) is 16.4 Å². The SMILES string of the molecule is Cc1nn(C(F)F)c(C)c1S(=O)(=O)N1CC[C@@]2(CCc3ccccc3C(=O)N2)C1. The summed E-state index contributed by atoms with van der Waals surface area (Å²) in [6, 6.07) is 7.34. The normalized spacial score (nSPS) is 22.7. The van der Waals surface area contributed by atoms with Gasteiger partial charge in [-0.2, -0.15) is 18.2 Å². The third-order valence-electron chi connectivity index (χ3n) is 5.87. The summed E-state index contributed by atoms with van der Waals surface area (Å²) < 4.78 is 54.4. The monoisotopic (exact) mass is 424 g/mol. The second-order valence-corrected chi connectivity index (χ2v) is 9.58. The minimum absolute atomic E-state index is 0.0426. The summed E-state index contributed by atoms with van der Waals surface area (Å²) in [6.45, 7) is 0.136. The highest BCUT2D eigenvalue weighted by Gasteiger charge is 2.46. The Labute approximate surface area is 167 Å². The van der Waals surface area contributed by atoms with Gasteiger partial charge in [-0.05, 0) is 44.7 Å². The number of nitrogens with zero attached hydrogens (tertiary/aromatic N) is 3. The highest BCUT2D eigenvalue weighted by molar-refractivity contribution is 7.89. The molecule has 2 aromatic rings. The Morgan fingerprint density at radius 2 is 1.93 bits per heavy atom. The van der Waals surface area contributed by atoms with E-state index >= 15 is 0 Å². The first-order valence-electron chi connectivity index (χ1n) is 9.39. The van der Waals surface area contributed by atoms with Crippen molar-refractivity contribution in [2.45, 2.75) is 50.1 Å². The molecule has 1 atom stereocenters. The van der Waals surface area contributed by atoms with E-state index in [1.54, 1.807) is 12.1 Å². The Bertz CT molecular complexity index is 1080. The van der Waals surface area contributed by atoms with Crippen molar-refractivity contribution in [3.8, 4) is 0 Å². The number of aryl methyl sites for hydroxylation is 2. The average Bonchev–Trinajstić information content (AvgIpc) is 3.18. The summed E-state index contributed by atoms with van der Waals surface area (Å²) in [5, 5.41) is 6.73. The molecule has 1 spiro atoms. The summed E-state index contributed by atoms with van der Waals surface area (Å²) in [4.78, 5) is 12.5. The first-order valence-corrected chi connectivity index (χ1v) is 10.8. The van der Waals surface area contributed by atoms with E-state index < -0.39 is 22.1 Å². The van der Waals surface area contributed by atoms with Gasteiger partial charge in [0, 0.05) is 18.7 Å². The van der Waals surface area contributed by atoms with Crippen molar-refractivity contribution in [3.63, 3.8) is 0 Å². The van der Waals surface area contributed by atoms with Crippen LogP contribution in [0.2, 0.25) is 0 Å². The topological polar surface area (TPSA) is 84.3 Å². The van der Waals surface area contributed by atoms with E-state index in [-0.39, 0.29) is 35.3 Å². The predicted molar refractivity (Wildman–Crippen MR) is 101 cm³/mol. The zero-order valence-electron chi connectivity index (χ0n) is 16.2. The Kier molecular flexibility index (Phi) is 4.73. The lowest BCUT2D eigenvalue weighted by atomic mass is 9.92. The molecule has 0 aliphatic carbocycles. The van der Waals surface area contributed by atoms with Crippen molar-refractivity contribution in [3.05, 3.63) is 46.8 Å². The lowest BCUT2D eigenvalue weighted by Gasteiger charge is -2.29. The van der Waals surface area contributed by atoms with E-state index in [1.807, 2.05) is 12.1 Å². The standard InChI is InChI=1S/C19H22F2N4O3S/c1-12-16(13(2)25(23-12)18(20)21)29(27,28)24-10-9-19(11-24)8-7-14-5-3-4-6-15(14)17(26)22-19/h3-6,18H,7-11H2,1-2H3,(H,22,26)/t19-/m0/s1. The minimum Gasteiger partial charge on any atom is -0.345 e. The largest absolute Gasteiger partial charge is 0.345 e. The maximum Gasteiger partial charge on any atom is 0.333 e. The maximum absolute atomic E-state index is 13.2. The maximum atomic E-state index is 13.2. The number of amides is 1. The fourth-order valence-electron chi connectivity index (χ4n) is 4.39. The molecule has 1 fully saturated rings. The molecule has 1 aromatic carbocycles. The molecule has 2 aliphatic heterocycles. The van der Waals surface area contributed by atoms with Crippen LogP contribution in [0, 0.1) is 13.8 Å². The fourth-order valence-corrected chi connectivity index (χ4v) is 6.28. The van der Waals surface area contributed by atoms with Crippen LogP contribution in [0.3, 0.4) is 0 Å². The fraction of sp³-hybridized carbons (Fsp3) is 0.474. The van der Waals surface area contributed by atoms with Crippen molar-refractivity contribution in [1.29, 1.82) is 0 Å². The number of sulfonamides is 1. The molecule has 1 aromatic heterocycles. The third kappa shape index (κ3) is 3.24. The first kappa shape index (κ1) is 20.0. The van der Waals surface area contributed by atoms with E-state index in [4.69, 9.17) is 0 Å². The number of aromatic nitrogens is 2. The van der Waals surface area contributed by atoms with Crippen LogP contribution in [0.4, 0.5) is 8.78 Å².